The first-order valence-corrected chi connectivity index (χ1v) is 7.33. The lowest BCUT2D eigenvalue weighted by atomic mass is 10.1. The summed E-state index contributed by atoms with van der Waals surface area (Å²) in [6.45, 7) is 6.95. The highest BCUT2D eigenvalue weighted by molar-refractivity contribution is 6.02. The number of aryl methyl sites for hydroxylation is 1. The molecule has 0 spiro atoms. The van der Waals surface area contributed by atoms with Gasteiger partial charge in [0.15, 0.2) is 0 Å². The lowest BCUT2D eigenvalue weighted by Gasteiger charge is -2.23. The Bertz CT molecular complexity index is 599. The van der Waals surface area contributed by atoms with E-state index in [1.165, 1.54) is 4.90 Å². The Kier molecular flexibility index (Phi) is 6.71. The summed E-state index contributed by atoms with van der Waals surface area (Å²) in [4.78, 5) is 36.0. The molecule has 7 heteroatoms. The van der Waals surface area contributed by atoms with Crippen molar-refractivity contribution in [2.45, 2.75) is 33.7 Å². The highest BCUT2D eigenvalue weighted by Crippen LogP contribution is 2.17. The fraction of sp³-hybridized carbons (Fsp3) is 0.438. The predicted molar refractivity (Wildman–Crippen MR) is 87.4 cm³/mol. The van der Waals surface area contributed by atoms with Gasteiger partial charge in [0.2, 0.25) is 5.91 Å². The number of benzene rings is 1. The number of nitrogens with one attached hydrogen (secondary N) is 2. The van der Waals surface area contributed by atoms with E-state index in [-0.39, 0.29) is 19.1 Å². The van der Waals surface area contributed by atoms with Gasteiger partial charge < -0.3 is 10.4 Å². The molecule has 0 fully saturated rings. The number of hydrogen-bond donors (Lipinski definition) is 3. The topological polar surface area (TPSA) is 98.7 Å². The van der Waals surface area contributed by atoms with Gasteiger partial charge in [0, 0.05) is 11.7 Å². The number of amides is 3. The summed E-state index contributed by atoms with van der Waals surface area (Å²) in [6.07, 6.45) is 0. The first kappa shape index (κ1) is 18.6. The number of carbonyl (C=O) groups excluding carboxylic acids is 2. The highest BCUT2D eigenvalue weighted by Gasteiger charge is 2.18. The Morgan fingerprint density at radius 1 is 1.17 bits per heavy atom. The van der Waals surface area contributed by atoms with E-state index in [0.717, 1.165) is 11.1 Å². The Labute approximate surface area is 135 Å². The number of carbonyl (C=O) groups is 3. The van der Waals surface area contributed by atoms with Crippen LogP contribution in [0.1, 0.15) is 25.0 Å². The number of aliphatic carboxylic acids is 1. The normalized spacial score (nSPS) is 10.7. The average Bonchev–Trinajstić information content (AvgIpc) is 2.42. The zero-order valence-electron chi connectivity index (χ0n) is 13.8. The third-order valence-electron chi connectivity index (χ3n) is 3.52. The van der Waals surface area contributed by atoms with Gasteiger partial charge in [-0.3, -0.25) is 19.8 Å². The van der Waals surface area contributed by atoms with Gasteiger partial charge in [-0.15, -0.1) is 0 Å². The maximum absolute atomic E-state index is 11.9. The fourth-order valence-corrected chi connectivity index (χ4v) is 1.99. The maximum atomic E-state index is 11.9. The Morgan fingerprint density at radius 2 is 1.83 bits per heavy atom. The smallest absolute Gasteiger partial charge is 0.325 e. The largest absolute Gasteiger partial charge is 0.480 e. The second-order valence-corrected chi connectivity index (χ2v) is 5.64. The monoisotopic (exact) mass is 321 g/mol. The van der Waals surface area contributed by atoms with Crippen LogP contribution in [0.15, 0.2) is 18.2 Å². The predicted octanol–water partition coefficient (Wildman–Crippen LogP) is 1.75. The zero-order chi connectivity index (χ0) is 17.6. The van der Waals surface area contributed by atoms with E-state index in [1.807, 2.05) is 26.0 Å². The molecule has 1 aromatic carbocycles. The number of urea groups is 1. The van der Waals surface area contributed by atoms with Crippen LogP contribution in [0.25, 0.3) is 0 Å². The van der Waals surface area contributed by atoms with Crippen molar-refractivity contribution in [3.05, 3.63) is 29.3 Å². The summed E-state index contributed by atoms with van der Waals surface area (Å²) < 4.78 is 0. The van der Waals surface area contributed by atoms with Crippen LogP contribution in [0.3, 0.4) is 0 Å². The Balaban J connectivity index is 2.61. The molecule has 0 bridgehead atoms. The molecule has 1 aromatic rings. The van der Waals surface area contributed by atoms with E-state index >= 15 is 0 Å². The first-order chi connectivity index (χ1) is 10.7. The minimum absolute atomic E-state index is 0.126. The van der Waals surface area contributed by atoms with Crippen molar-refractivity contribution in [2.24, 2.45) is 0 Å². The molecular formula is C16H23N3O4. The van der Waals surface area contributed by atoms with Crippen LogP contribution < -0.4 is 10.6 Å². The number of carboxylic acids is 1. The molecule has 126 valence electrons. The molecule has 23 heavy (non-hydrogen) atoms. The minimum Gasteiger partial charge on any atom is -0.480 e. The second-order valence-electron chi connectivity index (χ2n) is 5.64. The first-order valence-electron chi connectivity index (χ1n) is 7.33. The van der Waals surface area contributed by atoms with Crippen molar-refractivity contribution >= 4 is 23.6 Å². The molecule has 7 nitrogen and oxygen atoms in total. The van der Waals surface area contributed by atoms with Crippen molar-refractivity contribution in [2.75, 3.05) is 18.4 Å². The molecule has 0 heterocycles. The van der Waals surface area contributed by atoms with Gasteiger partial charge in [-0.1, -0.05) is 12.1 Å². The Hall–Kier alpha value is -2.41. The van der Waals surface area contributed by atoms with Gasteiger partial charge >= 0.3 is 12.0 Å². The minimum atomic E-state index is -1.02. The van der Waals surface area contributed by atoms with Crippen LogP contribution in [0.4, 0.5) is 10.5 Å². The van der Waals surface area contributed by atoms with E-state index < -0.39 is 17.9 Å². The van der Waals surface area contributed by atoms with Gasteiger partial charge in [0.1, 0.15) is 0 Å². The van der Waals surface area contributed by atoms with Gasteiger partial charge in [0.25, 0.3) is 0 Å². The molecule has 3 amide bonds. The summed E-state index contributed by atoms with van der Waals surface area (Å²) >= 11 is 0. The van der Waals surface area contributed by atoms with Gasteiger partial charge in [-0.05, 0) is 44.9 Å². The van der Waals surface area contributed by atoms with Crippen LogP contribution in [0.2, 0.25) is 0 Å². The van der Waals surface area contributed by atoms with Crippen LogP contribution in [0, 0.1) is 13.8 Å². The van der Waals surface area contributed by atoms with Crippen LogP contribution in [0.5, 0.6) is 0 Å². The number of nitrogens with zero attached hydrogens (tertiary/aromatic N) is 1. The van der Waals surface area contributed by atoms with E-state index in [4.69, 9.17) is 5.11 Å². The summed E-state index contributed by atoms with van der Waals surface area (Å²) in [6, 6.07) is 4.72. The number of carboxylic acid groups (broad SMARTS) is 1. The van der Waals surface area contributed by atoms with Crippen molar-refractivity contribution in [1.82, 2.24) is 10.2 Å². The maximum Gasteiger partial charge on any atom is 0.325 e. The molecule has 1 rings (SSSR count). The van der Waals surface area contributed by atoms with E-state index in [2.05, 4.69) is 10.6 Å². The van der Waals surface area contributed by atoms with E-state index in [9.17, 15) is 14.4 Å². The number of hydrogen-bond acceptors (Lipinski definition) is 4. The molecule has 0 aliphatic heterocycles. The van der Waals surface area contributed by atoms with Crippen molar-refractivity contribution < 1.29 is 19.5 Å². The fourth-order valence-electron chi connectivity index (χ4n) is 1.99. The lowest BCUT2D eigenvalue weighted by molar-refractivity contribution is -0.139. The van der Waals surface area contributed by atoms with Crippen molar-refractivity contribution in [3.63, 3.8) is 0 Å². The summed E-state index contributed by atoms with van der Waals surface area (Å²) in [7, 11) is 0. The molecular weight excluding hydrogens is 298 g/mol. The Morgan fingerprint density at radius 3 is 2.39 bits per heavy atom. The molecule has 0 unspecified atom stereocenters. The van der Waals surface area contributed by atoms with Gasteiger partial charge in [-0.2, -0.15) is 0 Å². The SMILES string of the molecule is Cc1cccc(NC(=O)NC(=O)CN(CC(=O)O)C(C)C)c1C. The lowest BCUT2D eigenvalue weighted by Crippen LogP contribution is -2.45. The quantitative estimate of drug-likeness (QED) is 0.741. The molecule has 0 saturated carbocycles. The third-order valence-corrected chi connectivity index (χ3v) is 3.52. The number of imide groups is 1. The van der Waals surface area contributed by atoms with Crippen molar-refractivity contribution in [1.29, 1.82) is 0 Å². The second kappa shape index (κ2) is 8.28. The summed E-state index contributed by atoms with van der Waals surface area (Å²) in [5.41, 5.74) is 2.58. The average molecular weight is 321 g/mol. The van der Waals surface area contributed by atoms with Gasteiger partial charge in [-0.25, -0.2) is 4.79 Å². The molecule has 0 saturated heterocycles. The molecule has 0 aliphatic rings. The number of rotatable bonds is 6. The van der Waals surface area contributed by atoms with Gasteiger partial charge in [0.05, 0.1) is 13.1 Å². The molecule has 0 atom stereocenters. The van der Waals surface area contributed by atoms with E-state index in [1.54, 1.807) is 19.9 Å². The van der Waals surface area contributed by atoms with Crippen LogP contribution in [-0.4, -0.2) is 47.0 Å². The molecule has 0 aliphatic carbocycles. The third kappa shape index (κ3) is 6.07. The molecule has 0 radical (unpaired) electrons. The highest BCUT2D eigenvalue weighted by atomic mass is 16.4. The van der Waals surface area contributed by atoms with Crippen molar-refractivity contribution in [3.8, 4) is 0 Å². The number of anilines is 1. The molecule has 3 N–H and O–H groups in total. The van der Waals surface area contributed by atoms with Crippen LogP contribution >= 0.6 is 0 Å². The standard InChI is InChI=1S/C16H23N3O4/c1-10(2)19(9-15(21)22)8-14(20)18-16(23)17-13-7-5-6-11(3)12(13)4/h5-7,10H,8-9H2,1-4H3,(H,21,22)(H2,17,18,20,23). The van der Waals surface area contributed by atoms with E-state index in [0.29, 0.717) is 5.69 Å². The summed E-state index contributed by atoms with van der Waals surface area (Å²) in [5, 5.41) is 13.7. The zero-order valence-corrected chi connectivity index (χ0v) is 13.8. The van der Waals surface area contributed by atoms with Crippen LogP contribution in [-0.2, 0) is 9.59 Å². The molecule has 0 aromatic heterocycles. The summed E-state index contributed by atoms with van der Waals surface area (Å²) in [5.74, 6) is -1.57.